The van der Waals surface area contributed by atoms with Crippen LogP contribution >= 0.6 is 0 Å². The van der Waals surface area contributed by atoms with Crippen molar-refractivity contribution >= 4 is 0 Å². The molecule has 2 aliphatic rings. The summed E-state index contributed by atoms with van der Waals surface area (Å²) in [6.07, 6.45) is 3.78. The molecule has 0 unspecified atom stereocenters. The first-order valence-corrected chi connectivity index (χ1v) is 5.31. The topological polar surface area (TPSA) is 12.5 Å². The Hall–Kier alpha value is -0.340. The van der Waals surface area contributed by atoms with Crippen LogP contribution in [-0.4, -0.2) is 37.7 Å². The molecule has 2 nitrogen and oxygen atoms in total. The molecule has 0 aromatic heterocycles. The van der Waals surface area contributed by atoms with E-state index in [9.17, 15) is 0 Å². The van der Waals surface area contributed by atoms with E-state index >= 15 is 0 Å². The lowest BCUT2D eigenvalue weighted by atomic mass is 10.0. The molecule has 0 aromatic rings. The van der Waals surface area contributed by atoms with Gasteiger partial charge in [0.15, 0.2) is 0 Å². The summed E-state index contributed by atoms with van der Waals surface area (Å²) in [7, 11) is 0. The van der Waals surface area contributed by atoms with Crippen LogP contribution in [0.2, 0.25) is 0 Å². The monoisotopic (exact) mass is 181 g/mol. The molecule has 74 valence electrons. The Bertz CT molecular complexity index is 185. The van der Waals surface area contributed by atoms with Gasteiger partial charge < -0.3 is 4.74 Å². The number of hydrogen-bond acceptors (Lipinski definition) is 2. The molecule has 0 saturated carbocycles. The molecular formula is C11H19NO. The first-order chi connectivity index (χ1) is 6.34. The summed E-state index contributed by atoms with van der Waals surface area (Å²) in [6.45, 7) is 9.62. The first-order valence-electron chi connectivity index (χ1n) is 5.31. The third-order valence-corrected chi connectivity index (χ3v) is 2.99. The van der Waals surface area contributed by atoms with E-state index in [0.717, 1.165) is 25.7 Å². The zero-order chi connectivity index (χ0) is 9.10. The van der Waals surface area contributed by atoms with Crippen LogP contribution in [0.1, 0.15) is 19.3 Å². The molecule has 13 heavy (non-hydrogen) atoms. The van der Waals surface area contributed by atoms with E-state index in [1.807, 2.05) is 0 Å². The summed E-state index contributed by atoms with van der Waals surface area (Å²) in [5.74, 6) is 0.783. The predicted octanol–water partition coefficient (Wildman–Crippen LogP) is 1.67. The number of nitrogens with zero attached hydrogens (tertiary/aromatic N) is 1. The number of hydrogen-bond donors (Lipinski definition) is 0. The zero-order valence-electron chi connectivity index (χ0n) is 8.30. The number of rotatable bonds is 2. The predicted molar refractivity (Wildman–Crippen MR) is 53.7 cm³/mol. The minimum absolute atomic E-state index is 0.783. The van der Waals surface area contributed by atoms with Gasteiger partial charge in [-0.1, -0.05) is 12.2 Å². The normalized spacial score (nSPS) is 31.1. The van der Waals surface area contributed by atoms with Gasteiger partial charge in [0.1, 0.15) is 0 Å². The summed E-state index contributed by atoms with van der Waals surface area (Å²) in [6, 6.07) is 0. The third kappa shape index (κ3) is 2.55. The Kier molecular flexibility index (Phi) is 3.01. The number of ether oxygens (including phenoxy) is 1. The lowest BCUT2D eigenvalue weighted by molar-refractivity contribution is 0.165. The molecule has 0 aliphatic carbocycles. The Morgan fingerprint density at radius 2 is 2.46 bits per heavy atom. The summed E-state index contributed by atoms with van der Waals surface area (Å²) in [5.41, 5.74) is 1.41. The molecule has 0 aromatic carbocycles. The van der Waals surface area contributed by atoms with Crippen molar-refractivity contribution in [1.82, 2.24) is 4.90 Å². The lowest BCUT2D eigenvalue weighted by Gasteiger charge is -2.29. The maximum Gasteiger partial charge on any atom is 0.0507 e. The van der Waals surface area contributed by atoms with E-state index < -0.39 is 0 Å². The molecule has 1 atom stereocenters. The molecule has 0 spiro atoms. The SMILES string of the molecule is C=C1CCCN(C[C@H]2CCOC2)C1. The van der Waals surface area contributed by atoms with E-state index in [0.29, 0.717) is 0 Å². The van der Waals surface area contributed by atoms with Crippen LogP contribution < -0.4 is 0 Å². The van der Waals surface area contributed by atoms with Gasteiger partial charge in [-0.15, -0.1) is 0 Å². The third-order valence-electron chi connectivity index (χ3n) is 2.99. The molecular weight excluding hydrogens is 162 g/mol. The van der Waals surface area contributed by atoms with Crippen LogP contribution in [0.25, 0.3) is 0 Å². The van der Waals surface area contributed by atoms with E-state index in [1.54, 1.807) is 0 Å². The van der Waals surface area contributed by atoms with Gasteiger partial charge in [0, 0.05) is 19.7 Å². The average molecular weight is 181 g/mol. The fourth-order valence-corrected chi connectivity index (χ4v) is 2.28. The van der Waals surface area contributed by atoms with Crippen LogP contribution in [-0.2, 0) is 4.74 Å². The van der Waals surface area contributed by atoms with Gasteiger partial charge in [-0.3, -0.25) is 4.90 Å². The molecule has 2 aliphatic heterocycles. The summed E-state index contributed by atoms with van der Waals surface area (Å²) < 4.78 is 5.38. The van der Waals surface area contributed by atoms with Crippen LogP contribution in [0.15, 0.2) is 12.2 Å². The lowest BCUT2D eigenvalue weighted by Crippen LogP contribution is -2.35. The molecule has 0 radical (unpaired) electrons. The Labute approximate surface area is 80.6 Å². The second-order valence-electron chi connectivity index (χ2n) is 4.32. The van der Waals surface area contributed by atoms with Crippen molar-refractivity contribution in [3.8, 4) is 0 Å². The summed E-state index contributed by atoms with van der Waals surface area (Å²) in [5, 5.41) is 0. The van der Waals surface area contributed by atoms with Gasteiger partial charge in [0.2, 0.25) is 0 Å². The van der Waals surface area contributed by atoms with Gasteiger partial charge in [0.25, 0.3) is 0 Å². The van der Waals surface area contributed by atoms with Crippen LogP contribution in [0, 0.1) is 5.92 Å². The van der Waals surface area contributed by atoms with E-state index in [1.165, 1.54) is 37.9 Å². The largest absolute Gasteiger partial charge is 0.381 e. The minimum Gasteiger partial charge on any atom is -0.381 e. The molecule has 2 saturated heterocycles. The fraction of sp³-hybridized carbons (Fsp3) is 0.818. The highest BCUT2D eigenvalue weighted by Crippen LogP contribution is 2.18. The minimum atomic E-state index is 0.783. The van der Waals surface area contributed by atoms with Gasteiger partial charge in [-0.2, -0.15) is 0 Å². The maximum atomic E-state index is 5.38. The average Bonchev–Trinajstić information content (AvgIpc) is 2.57. The Balaban J connectivity index is 1.76. The molecule has 0 N–H and O–H groups in total. The second kappa shape index (κ2) is 4.25. The van der Waals surface area contributed by atoms with Crippen molar-refractivity contribution in [2.45, 2.75) is 19.3 Å². The molecule has 0 amide bonds. The van der Waals surface area contributed by atoms with Crippen LogP contribution in [0.3, 0.4) is 0 Å². The summed E-state index contributed by atoms with van der Waals surface area (Å²) in [4.78, 5) is 2.53. The smallest absolute Gasteiger partial charge is 0.0507 e. The maximum absolute atomic E-state index is 5.38. The van der Waals surface area contributed by atoms with Gasteiger partial charge >= 0.3 is 0 Å². The number of piperidine rings is 1. The highest BCUT2D eigenvalue weighted by atomic mass is 16.5. The molecule has 2 heteroatoms. The van der Waals surface area contributed by atoms with Gasteiger partial charge in [-0.05, 0) is 31.7 Å². The van der Waals surface area contributed by atoms with Crippen LogP contribution in [0.4, 0.5) is 0 Å². The highest BCUT2D eigenvalue weighted by molar-refractivity contribution is 5.00. The van der Waals surface area contributed by atoms with E-state index in [4.69, 9.17) is 4.74 Å². The fourth-order valence-electron chi connectivity index (χ4n) is 2.28. The quantitative estimate of drug-likeness (QED) is 0.601. The van der Waals surface area contributed by atoms with Crippen molar-refractivity contribution in [3.63, 3.8) is 0 Å². The van der Waals surface area contributed by atoms with Crippen molar-refractivity contribution in [1.29, 1.82) is 0 Å². The summed E-state index contributed by atoms with van der Waals surface area (Å²) >= 11 is 0. The van der Waals surface area contributed by atoms with Crippen molar-refractivity contribution in [2.75, 3.05) is 32.8 Å². The van der Waals surface area contributed by atoms with Crippen molar-refractivity contribution in [2.24, 2.45) is 5.92 Å². The highest BCUT2D eigenvalue weighted by Gasteiger charge is 2.20. The Morgan fingerprint density at radius 3 is 3.15 bits per heavy atom. The van der Waals surface area contributed by atoms with Gasteiger partial charge in [0.05, 0.1) is 6.61 Å². The van der Waals surface area contributed by atoms with Gasteiger partial charge in [-0.25, -0.2) is 0 Å². The molecule has 2 heterocycles. The zero-order valence-corrected chi connectivity index (χ0v) is 8.30. The standard InChI is InChI=1S/C11H19NO/c1-10-3-2-5-12(7-10)8-11-4-6-13-9-11/h11H,1-9H2/t11-/m1/s1. The number of likely N-dealkylation sites (tertiary alicyclic amines) is 1. The van der Waals surface area contributed by atoms with Crippen molar-refractivity contribution < 1.29 is 4.74 Å². The molecule has 2 fully saturated rings. The second-order valence-corrected chi connectivity index (χ2v) is 4.32. The Morgan fingerprint density at radius 1 is 1.54 bits per heavy atom. The van der Waals surface area contributed by atoms with E-state index in [2.05, 4.69) is 11.5 Å². The van der Waals surface area contributed by atoms with Crippen LogP contribution in [0.5, 0.6) is 0 Å². The molecule has 2 rings (SSSR count). The van der Waals surface area contributed by atoms with E-state index in [-0.39, 0.29) is 0 Å². The van der Waals surface area contributed by atoms with Crippen molar-refractivity contribution in [3.05, 3.63) is 12.2 Å². The molecule has 0 bridgehead atoms. The first kappa shape index (κ1) is 9.22.